The zero-order valence-electron chi connectivity index (χ0n) is 28.9. The van der Waals surface area contributed by atoms with Crippen molar-refractivity contribution in [1.82, 2.24) is 0 Å². The molecule has 1 unspecified atom stereocenters. The third-order valence-corrected chi connectivity index (χ3v) is 15.4. The summed E-state index contributed by atoms with van der Waals surface area (Å²) in [6.07, 6.45) is 26.3. The van der Waals surface area contributed by atoms with E-state index in [4.69, 9.17) is 6.08 Å². The summed E-state index contributed by atoms with van der Waals surface area (Å²) in [5, 5.41) is 0. The molecule has 0 aliphatic rings. The van der Waals surface area contributed by atoms with Crippen molar-refractivity contribution in [3.05, 3.63) is 29.3 Å². The molecule has 0 fully saturated rings. The third kappa shape index (κ3) is 17.8. The number of benzene rings is 1. The molecule has 251 valence electrons. The second-order valence-corrected chi connectivity index (χ2v) is 19.6. The Morgan fingerprint density at radius 3 is 1.47 bits per heavy atom. The molecular formula is C36H67O5STi. The van der Waals surface area contributed by atoms with E-state index in [-0.39, 0.29) is 11.0 Å². The SMILES string of the molecule is CCCCCCCCCCCCc1cccc(S(=O)(=O)[O][Ti](=[O])([O]C(C)C)[CH](C)C)c1CCCCCCCCCCCC. The summed E-state index contributed by atoms with van der Waals surface area (Å²) in [6.45, 7) is 11.5. The molecule has 1 aromatic carbocycles. The number of hydrogen-bond acceptors (Lipinski definition) is 5. The van der Waals surface area contributed by atoms with Crippen molar-refractivity contribution in [2.45, 2.75) is 198 Å². The van der Waals surface area contributed by atoms with Crippen LogP contribution in [0.5, 0.6) is 0 Å². The van der Waals surface area contributed by atoms with Gasteiger partial charge in [0.15, 0.2) is 0 Å². The Hall–Kier alpha value is -0.396. The van der Waals surface area contributed by atoms with Gasteiger partial charge in [-0.1, -0.05) is 58.8 Å². The van der Waals surface area contributed by atoms with Crippen LogP contribution in [0.4, 0.5) is 0 Å². The van der Waals surface area contributed by atoms with E-state index < -0.39 is 31.7 Å². The van der Waals surface area contributed by atoms with Crippen LogP contribution >= 0.6 is 0 Å². The molecule has 0 saturated carbocycles. The van der Waals surface area contributed by atoms with E-state index in [2.05, 4.69) is 19.9 Å². The van der Waals surface area contributed by atoms with Crippen molar-refractivity contribution in [2.75, 3.05) is 0 Å². The van der Waals surface area contributed by atoms with Gasteiger partial charge in [0.25, 0.3) is 0 Å². The summed E-state index contributed by atoms with van der Waals surface area (Å²) in [7, 11) is -4.23. The third-order valence-electron chi connectivity index (χ3n) is 8.41. The van der Waals surface area contributed by atoms with E-state index in [9.17, 15) is 11.7 Å². The summed E-state index contributed by atoms with van der Waals surface area (Å²) >= 11 is -4.82. The van der Waals surface area contributed by atoms with E-state index in [1.165, 1.54) is 103 Å². The van der Waals surface area contributed by atoms with E-state index in [1.807, 2.05) is 6.07 Å². The van der Waals surface area contributed by atoms with Crippen LogP contribution in [-0.4, -0.2) is 14.5 Å². The number of rotatable bonds is 28. The molecule has 0 N–H and O–H groups in total. The molecule has 0 aliphatic carbocycles. The first kappa shape index (κ1) is 40.6. The van der Waals surface area contributed by atoms with Crippen molar-refractivity contribution in [1.29, 1.82) is 0 Å². The number of aryl methyl sites for hydroxylation is 1. The minimum Gasteiger partial charge on any atom is -0.0654 e. The fraction of sp³-hybridized carbons (Fsp3) is 0.833. The molecule has 0 saturated heterocycles. The molecule has 43 heavy (non-hydrogen) atoms. The zero-order chi connectivity index (χ0) is 32.0. The fourth-order valence-electron chi connectivity index (χ4n) is 5.73. The van der Waals surface area contributed by atoms with Gasteiger partial charge in [-0.05, 0) is 0 Å². The Morgan fingerprint density at radius 2 is 1.05 bits per heavy atom. The van der Waals surface area contributed by atoms with Crippen LogP contribution < -0.4 is 0 Å². The van der Waals surface area contributed by atoms with Crippen molar-refractivity contribution < 1.29 is 35.2 Å². The molecule has 7 heteroatoms. The normalized spacial score (nSPS) is 13.7. The van der Waals surface area contributed by atoms with Gasteiger partial charge in [-0.25, -0.2) is 0 Å². The monoisotopic (exact) mass is 659 g/mol. The minimum atomic E-state index is -4.82. The smallest absolute Gasteiger partial charge is 0.0654 e. The molecule has 0 heterocycles. The molecule has 1 atom stereocenters. The minimum absolute atomic E-state index is 0.187. The Morgan fingerprint density at radius 1 is 0.628 bits per heavy atom. The average Bonchev–Trinajstić information content (AvgIpc) is 2.94. The van der Waals surface area contributed by atoms with Gasteiger partial charge >= 0.3 is 214 Å². The zero-order valence-corrected chi connectivity index (χ0v) is 31.3. The molecule has 1 rings (SSSR count). The first-order valence-corrected chi connectivity index (χ1v) is 22.2. The van der Waals surface area contributed by atoms with Gasteiger partial charge in [0.1, 0.15) is 0 Å². The van der Waals surface area contributed by atoms with Gasteiger partial charge in [0.2, 0.25) is 0 Å². The molecule has 0 aliphatic heterocycles. The second-order valence-electron chi connectivity index (χ2n) is 13.2. The molecule has 0 bridgehead atoms. The predicted octanol–water partition coefficient (Wildman–Crippen LogP) is 11.9. The fourth-order valence-corrected chi connectivity index (χ4v) is 11.5. The van der Waals surface area contributed by atoms with Gasteiger partial charge in [-0.2, -0.15) is 0 Å². The van der Waals surface area contributed by atoms with Gasteiger partial charge in [0.05, 0.1) is 0 Å². The second kappa shape index (κ2) is 23.9. The Labute approximate surface area is 271 Å². The number of unbranched alkanes of at least 4 members (excludes halogenated alkanes) is 18. The van der Waals surface area contributed by atoms with Gasteiger partial charge in [-0.15, -0.1) is 0 Å². The Bertz CT molecular complexity index is 989. The Balaban J connectivity index is 2.87. The molecular weight excluding hydrogens is 592 g/mol. The van der Waals surface area contributed by atoms with Crippen molar-refractivity contribution in [3.8, 4) is 0 Å². The molecule has 0 radical (unpaired) electrons. The van der Waals surface area contributed by atoms with E-state index >= 15 is 0 Å². The summed E-state index contributed by atoms with van der Waals surface area (Å²) < 4.78 is 51.7. The van der Waals surface area contributed by atoms with Crippen molar-refractivity contribution in [2.24, 2.45) is 0 Å². The Kier molecular flexibility index (Phi) is 22.6. The maximum atomic E-state index is 13.7. The predicted molar refractivity (Wildman–Crippen MR) is 178 cm³/mol. The summed E-state index contributed by atoms with van der Waals surface area (Å²) in [5.74, 6) is 0. The summed E-state index contributed by atoms with van der Waals surface area (Å²) in [6, 6.07) is 5.54. The first-order chi connectivity index (χ1) is 20.6. The summed E-state index contributed by atoms with van der Waals surface area (Å²) in [4.78, 5) is 0.187. The molecule has 5 nitrogen and oxygen atoms in total. The average molecular weight is 660 g/mol. The van der Waals surface area contributed by atoms with Crippen LogP contribution in [0, 0.1) is 0 Å². The number of hydrogen-bond donors (Lipinski definition) is 0. The van der Waals surface area contributed by atoms with Crippen molar-refractivity contribution >= 4 is 10.1 Å². The van der Waals surface area contributed by atoms with Gasteiger partial charge < -0.3 is 0 Å². The quantitative estimate of drug-likeness (QED) is 0.0661. The standard InChI is InChI=1S/C30H54O3S.C3H7O.C3H7.O.Ti/c1-3-5-7-9-11-13-15-17-19-21-24-28-25-23-27-30(34(31,32)33)29(28)26-22-20-18-16-14-12-10-8-6-4-2;1-3(2)4;1-3-2;;/h23,25,27H,3-22,24,26H2,1-2H3,(H,31,32,33);3H,1-2H3;3H,1-2H3;;/q;-1;;;+2/p-1. The van der Waals surface area contributed by atoms with Crippen molar-refractivity contribution in [3.63, 3.8) is 0 Å². The topological polar surface area (TPSA) is 69.7 Å². The van der Waals surface area contributed by atoms with Crippen LogP contribution in [0.3, 0.4) is 0 Å². The van der Waals surface area contributed by atoms with Gasteiger partial charge in [0, 0.05) is 0 Å². The molecule has 0 amide bonds. The van der Waals surface area contributed by atoms with Crippen LogP contribution in [0.15, 0.2) is 23.1 Å². The van der Waals surface area contributed by atoms with Crippen LogP contribution in [0.1, 0.15) is 181 Å². The molecule has 0 spiro atoms. The summed E-state index contributed by atoms with van der Waals surface area (Å²) in [5.41, 5.74) is 1.95. The molecule has 0 aromatic heterocycles. The molecule has 1 aromatic rings. The van der Waals surface area contributed by atoms with Gasteiger partial charge in [-0.3, -0.25) is 0 Å². The van der Waals surface area contributed by atoms with Crippen LogP contribution in [0.2, 0.25) is 4.22 Å². The van der Waals surface area contributed by atoms with Crippen LogP contribution in [0.25, 0.3) is 0 Å². The van der Waals surface area contributed by atoms with E-state index in [0.29, 0.717) is 6.42 Å². The van der Waals surface area contributed by atoms with E-state index in [0.717, 1.165) is 43.2 Å². The first-order valence-electron chi connectivity index (χ1n) is 18.0. The maximum absolute atomic E-state index is 13.7. The van der Waals surface area contributed by atoms with Crippen LogP contribution in [-0.2, 0) is 49.7 Å². The van der Waals surface area contributed by atoms with E-state index in [1.54, 1.807) is 33.8 Å².